The fraction of sp³-hybridized carbons (Fsp3) is 0.240. The van der Waals surface area contributed by atoms with Gasteiger partial charge in [-0.05, 0) is 24.1 Å². The van der Waals surface area contributed by atoms with E-state index in [1.54, 1.807) is 6.08 Å². The van der Waals surface area contributed by atoms with Gasteiger partial charge in [0.2, 0.25) is 5.69 Å². The van der Waals surface area contributed by atoms with Crippen LogP contribution in [0.15, 0.2) is 71.2 Å². The maximum atomic E-state index is 10.1. The summed E-state index contributed by atoms with van der Waals surface area (Å²) in [7, 11) is 3.50. The summed E-state index contributed by atoms with van der Waals surface area (Å²) in [6, 6.07) is 16.6. The minimum Gasteiger partial charge on any atom is -0.481 e. The van der Waals surface area contributed by atoms with E-state index in [0.29, 0.717) is 0 Å². The van der Waals surface area contributed by atoms with Gasteiger partial charge in [-0.15, -0.1) is 0 Å². The molecule has 29 heavy (non-hydrogen) atoms. The number of nitrogens with zero attached hydrogens (tertiary/aromatic N) is 1. The highest BCUT2D eigenvalue weighted by molar-refractivity contribution is 6.09. The van der Waals surface area contributed by atoms with Gasteiger partial charge in [-0.25, -0.2) is 4.57 Å². The van der Waals surface area contributed by atoms with Crippen LogP contribution in [-0.2, 0) is 17.2 Å². The molecule has 4 rings (SSSR count). The predicted octanol–water partition coefficient (Wildman–Crippen LogP) is 5.71. The molecule has 0 saturated heterocycles. The van der Waals surface area contributed by atoms with Crippen molar-refractivity contribution in [3.05, 3.63) is 77.9 Å². The van der Waals surface area contributed by atoms with E-state index in [4.69, 9.17) is 9.15 Å². The van der Waals surface area contributed by atoms with Gasteiger partial charge in [-0.3, -0.25) is 0 Å². The smallest absolute Gasteiger partial charge is 0.272 e. The molecule has 2 heterocycles. The van der Waals surface area contributed by atoms with Crippen molar-refractivity contribution in [2.24, 2.45) is 7.05 Å². The predicted molar refractivity (Wildman–Crippen MR) is 116 cm³/mol. The summed E-state index contributed by atoms with van der Waals surface area (Å²) in [5.41, 5.74) is 5.53. The average Bonchev–Trinajstić information content (AvgIpc) is 3.07. The Balaban J connectivity index is 2.14. The van der Waals surface area contributed by atoms with Gasteiger partial charge < -0.3 is 14.3 Å². The molecule has 2 aromatic heterocycles. The van der Waals surface area contributed by atoms with Gasteiger partial charge >= 0.3 is 0 Å². The molecule has 0 aliphatic rings. The number of aliphatic hydroxyl groups excluding tert-OH is 1. The van der Waals surface area contributed by atoms with Crippen LogP contribution in [0.1, 0.15) is 25.0 Å². The van der Waals surface area contributed by atoms with Crippen molar-refractivity contribution < 1.29 is 18.8 Å². The summed E-state index contributed by atoms with van der Waals surface area (Å²) < 4.78 is 13.5. The van der Waals surface area contributed by atoms with Crippen LogP contribution in [0.25, 0.3) is 33.2 Å². The lowest BCUT2D eigenvalue weighted by molar-refractivity contribution is -0.660. The van der Waals surface area contributed by atoms with E-state index in [2.05, 4.69) is 61.9 Å². The van der Waals surface area contributed by atoms with Gasteiger partial charge in [-0.1, -0.05) is 44.2 Å². The van der Waals surface area contributed by atoms with Crippen LogP contribution >= 0.6 is 0 Å². The van der Waals surface area contributed by atoms with Crippen LogP contribution in [0.5, 0.6) is 0 Å². The van der Waals surface area contributed by atoms with Gasteiger partial charge in [0, 0.05) is 34.4 Å². The zero-order valence-corrected chi connectivity index (χ0v) is 17.5. The number of aliphatic hydroxyl groups is 1. The van der Waals surface area contributed by atoms with Gasteiger partial charge in [0.05, 0.1) is 12.7 Å². The maximum Gasteiger partial charge on any atom is 0.272 e. The quantitative estimate of drug-likeness (QED) is 0.360. The lowest BCUT2D eigenvalue weighted by atomic mass is 9.80. The fourth-order valence-electron chi connectivity index (χ4n) is 3.95. The van der Waals surface area contributed by atoms with Crippen molar-refractivity contribution in [1.82, 2.24) is 0 Å². The number of methoxy groups -OCH3 is 1. The molecule has 148 valence electrons. The zero-order chi connectivity index (χ0) is 20.8. The van der Waals surface area contributed by atoms with Crippen LogP contribution in [0, 0.1) is 6.92 Å². The average molecular weight is 388 g/mol. The maximum absolute atomic E-state index is 10.1. The second kappa shape index (κ2) is 6.96. The first kappa shape index (κ1) is 19.1. The molecule has 4 heteroatoms. The van der Waals surface area contributed by atoms with E-state index in [9.17, 15) is 5.11 Å². The highest BCUT2D eigenvalue weighted by Gasteiger charge is 2.30. The number of ether oxygens (including phenoxy) is 1. The van der Waals surface area contributed by atoms with Crippen molar-refractivity contribution in [3.8, 4) is 11.3 Å². The SMILES string of the molecule is CO/C(O)=C/C(C)(C)c1ccc2c(oc3ccccc32)c1-c1cc(C)cc[n+]1C. The van der Waals surface area contributed by atoms with Crippen molar-refractivity contribution >= 4 is 21.9 Å². The van der Waals surface area contributed by atoms with Crippen LogP contribution < -0.4 is 4.57 Å². The van der Waals surface area contributed by atoms with Crippen molar-refractivity contribution in [3.63, 3.8) is 0 Å². The molecular formula is C25H26NO3+. The largest absolute Gasteiger partial charge is 0.481 e. The van der Waals surface area contributed by atoms with Crippen LogP contribution in [0.3, 0.4) is 0 Å². The van der Waals surface area contributed by atoms with Gasteiger partial charge in [0.15, 0.2) is 6.20 Å². The number of aromatic nitrogens is 1. The molecule has 4 aromatic rings. The van der Waals surface area contributed by atoms with E-state index in [-0.39, 0.29) is 5.95 Å². The second-order valence-corrected chi connectivity index (χ2v) is 8.07. The minimum absolute atomic E-state index is 0.0979. The highest BCUT2D eigenvalue weighted by Crippen LogP contribution is 2.42. The van der Waals surface area contributed by atoms with Crippen molar-refractivity contribution in [2.45, 2.75) is 26.2 Å². The number of hydrogen-bond acceptors (Lipinski definition) is 3. The zero-order valence-electron chi connectivity index (χ0n) is 17.5. The lowest BCUT2D eigenvalue weighted by Crippen LogP contribution is -2.31. The Morgan fingerprint density at radius 2 is 1.86 bits per heavy atom. The Morgan fingerprint density at radius 3 is 2.62 bits per heavy atom. The lowest BCUT2D eigenvalue weighted by Gasteiger charge is -2.24. The topological polar surface area (TPSA) is 46.5 Å². The monoisotopic (exact) mass is 388 g/mol. The first-order chi connectivity index (χ1) is 13.8. The van der Waals surface area contributed by atoms with E-state index in [0.717, 1.165) is 38.8 Å². The summed E-state index contributed by atoms with van der Waals surface area (Å²) in [6.07, 6.45) is 3.79. The van der Waals surface area contributed by atoms with Crippen LogP contribution in [0.4, 0.5) is 0 Å². The van der Waals surface area contributed by atoms with E-state index < -0.39 is 5.41 Å². The molecule has 0 saturated carbocycles. The molecule has 0 amide bonds. The number of hydrogen-bond donors (Lipinski definition) is 1. The molecular weight excluding hydrogens is 362 g/mol. The van der Waals surface area contributed by atoms with Gasteiger partial charge in [-0.2, -0.15) is 0 Å². The summed E-state index contributed by atoms with van der Waals surface area (Å²) in [6.45, 7) is 6.21. The number of fused-ring (bicyclic) bond motifs is 3. The first-order valence-corrected chi connectivity index (χ1v) is 9.69. The minimum atomic E-state index is -0.487. The second-order valence-electron chi connectivity index (χ2n) is 8.07. The van der Waals surface area contributed by atoms with E-state index >= 15 is 0 Å². The third-order valence-electron chi connectivity index (χ3n) is 5.50. The first-order valence-electron chi connectivity index (χ1n) is 9.69. The molecule has 0 radical (unpaired) electrons. The molecule has 4 nitrogen and oxygen atoms in total. The third-order valence-corrected chi connectivity index (χ3v) is 5.50. The number of furan rings is 1. The highest BCUT2D eigenvalue weighted by atomic mass is 16.6. The van der Waals surface area contributed by atoms with Crippen molar-refractivity contribution in [1.29, 1.82) is 0 Å². The van der Waals surface area contributed by atoms with Crippen LogP contribution in [-0.4, -0.2) is 12.2 Å². The molecule has 2 aromatic carbocycles. The van der Waals surface area contributed by atoms with E-state index in [1.807, 2.05) is 25.2 Å². The number of benzene rings is 2. The summed E-state index contributed by atoms with van der Waals surface area (Å²) in [5, 5.41) is 12.2. The molecule has 0 fully saturated rings. The Hall–Kier alpha value is -3.27. The van der Waals surface area contributed by atoms with Gasteiger partial charge in [0.25, 0.3) is 5.95 Å². The van der Waals surface area contributed by atoms with Crippen molar-refractivity contribution in [2.75, 3.05) is 7.11 Å². The number of para-hydroxylation sites is 1. The Labute approximate surface area is 170 Å². The normalized spacial score (nSPS) is 12.7. The third kappa shape index (κ3) is 3.25. The Bertz CT molecular complexity index is 1250. The number of pyridine rings is 1. The standard InChI is InChI=1S/C25H25NO3/c1-16-12-13-26(4)20(14-16)23-19(25(2,3)15-22(27)28-5)11-10-18-17-8-6-7-9-21(17)29-24(18)23/h6-15H,1-5H3/p+1/b22-15+. The summed E-state index contributed by atoms with van der Waals surface area (Å²) >= 11 is 0. The summed E-state index contributed by atoms with van der Waals surface area (Å²) in [5.74, 6) is -0.0979. The summed E-state index contributed by atoms with van der Waals surface area (Å²) in [4.78, 5) is 0. The van der Waals surface area contributed by atoms with Gasteiger partial charge in [0.1, 0.15) is 18.2 Å². The molecule has 1 N–H and O–H groups in total. The van der Waals surface area contributed by atoms with E-state index in [1.165, 1.54) is 12.7 Å². The Morgan fingerprint density at radius 1 is 1.10 bits per heavy atom. The fourth-order valence-corrected chi connectivity index (χ4v) is 3.95. The molecule has 0 spiro atoms. The molecule has 0 atom stereocenters. The molecule has 0 aliphatic heterocycles. The Kier molecular flexibility index (Phi) is 4.58. The number of allylic oxidation sites excluding steroid dienone is 1. The molecule has 0 unspecified atom stereocenters. The molecule has 0 aliphatic carbocycles. The number of aryl methyl sites for hydroxylation is 2. The van der Waals surface area contributed by atoms with Crippen LogP contribution in [0.2, 0.25) is 0 Å². The number of rotatable bonds is 4. The molecule has 0 bridgehead atoms.